The van der Waals surface area contributed by atoms with Crippen molar-refractivity contribution in [3.63, 3.8) is 0 Å². The molecule has 17 atom stereocenters. The average Bonchev–Trinajstić information content (AvgIpc) is 0.815. The molecule has 43 nitrogen and oxygen atoms in total. The van der Waals surface area contributed by atoms with Crippen molar-refractivity contribution in [1.29, 1.82) is 0 Å². The van der Waals surface area contributed by atoms with Crippen LogP contribution in [0.25, 0.3) is 24.3 Å². The lowest BCUT2D eigenvalue weighted by molar-refractivity contribution is -0.158. The molecule has 2 heterocycles. The van der Waals surface area contributed by atoms with Crippen LogP contribution in [0.3, 0.4) is 0 Å². The number of carbonyl (C=O) groups excluding carboxylic acids is 18. The number of amides is 16. The Morgan fingerprint density at radius 3 is 1.23 bits per heavy atom. The summed E-state index contributed by atoms with van der Waals surface area (Å²) in [7, 11) is 2.12. The molecule has 1 fully saturated rings. The molecule has 0 saturated carbocycles. The minimum atomic E-state index is -2.21. The van der Waals surface area contributed by atoms with E-state index in [-0.39, 0.29) is 41.4 Å². The predicted octanol–water partition coefficient (Wildman–Crippen LogP) is 1.10. The Bertz CT molecular complexity index is 5770. The number of nitrogens with zero attached hydrogens (tertiary/aromatic N) is 2. The molecule has 43 heteroatoms. The second kappa shape index (κ2) is 60.3. The molecule has 2 aliphatic heterocycles. The summed E-state index contributed by atoms with van der Waals surface area (Å²) in [5.74, 6) is -24.6. The van der Waals surface area contributed by atoms with Gasteiger partial charge < -0.3 is 130 Å². The van der Waals surface area contributed by atoms with Crippen LogP contribution in [0.1, 0.15) is 160 Å². The number of hydrogen-bond donors (Lipinski definition) is 21. The number of allylic oxidation sites excluding steroid dienone is 3. The molecule has 0 aromatic heterocycles. The number of nitrogens with two attached hydrogens (primary N) is 2. The van der Waals surface area contributed by atoms with Crippen LogP contribution in [-0.4, -0.2) is 278 Å². The number of esters is 2. The average molecular weight is 2080 g/mol. The summed E-state index contributed by atoms with van der Waals surface area (Å²) in [5, 5.41) is 98.0. The summed E-state index contributed by atoms with van der Waals surface area (Å²) in [4.78, 5) is 268. The van der Waals surface area contributed by atoms with E-state index in [1.807, 2.05) is 38.2 Å². The first-order valence-corrected chi connectivity index (χ1v) is 49.3. The lowest BCUT2D eigenvalue weighted by atomic mass is 9.94. The lowest BCUT2D eigenvalue weighted by Gasteiger charge is -2.31. The summed E-state index contributed by atoms with van der Waals surface area (Å²) in [6.07, 6.45) is 8.77. The van der Waals surface area contributed by atoms with Crippen molar-refractivity contribution in [2.45, 2.75) is 237 Å². The summed E-state index contributed by atoms with van der Waals surface area (Å²) in [6.45, 7) is 12.6. The quantitative estimate of drug-likeness (QED) is 0.0174. The zero-order valence-corrected chi connectivity index (χ0v) is 85.8. The van der Waals surface area contributed by atoms with Gasteiger partial charge in [0.1, 0.15) is 95.5 Å². The highest BCUT2D eigenvalue weighted by atomic mass is 16.6. The molecule has 5 aromatic carbocycles. The van der Waals surface area contributed by atoms with Gasteiger partial charge in [0, 0.05) is 51.9 Å². The Morgan fingerprint density at radius 2 is 0.833 bits per heavy atom. The fourth-order valence-electron chi connectivity index (χ4n) is 15.7. The Balaban J connectivity index is 1.40. The monoisotopic (exact) mass is 2080 g/mol. The van der Waals surface area contributed by atoms with Gasteiger partial charge >= 0.3 is 11.9 Å². The van der Waals surface area contributed by atoms with E-state index in [0.717, 1.165) is 84.2 Å². The zero-order valence-electron chi connectivity index (χ0n) is 85.8. The number of hydrogen-bond acceptors (Lipinski definition) is 27. The van der Waals surface area contributed by atoms with Gasteiger partial charge in [0.2, 0.25) is 70.9 Å². The summed E-state index contributed by atoms with van der Waals surface area (Å²) >= 11 is 0. The maximum Gasteiger partial charge on any atom is 0.331 e. The second-order valence-corrected chi connectivity index (χ2v) is 37.2. The van der Waals surface area contributed by atoms with Gasteiger partial charge in [-0.3, -0.25) is 76.7 Å². The van der Waals surface area contributed by atoms with E-state index in [2.05, 4.69) is 69.1 Å². The largest absolute Gasteiger partial charge is 0.508 e. The number of nitrogens with one attached hydrogen (secondary N) is 13. The highest BCUT2D eigenvalue weighted by Gasteiger charge is 2.44. The normalized spacial score (nSPS) is 24.3. The molecule has 0 radical (unpaired) electrons. The topological polar surface area (TPSA) is 662 Å². The van der Waals surface area contributed by atoms with Crippen molar-refractivity contribution in [2.75, 3.05) is 33.9 Å². The van der Waals surface area contributed by atoms with Crippen LogP contribution in [0.4, 0.5) is 0 Å². The number of aromatic hydroxyl groups is 2. The van der Waals surface area contributed by atoms with Gasteiger partial charge in [0.05, 0.1) is 38.3 Å². The third-order valence-corrected chi connectivity index (χ3v) is 23.9. The van der Waals surface area contributed by atoms with Crippen LogP contribution in [0, 0.1) is 17.8 Å². The first-order chi connectivity index (χ1) is 71.2. The van der Waals surface area contributed by atoms with E-state index in [4.69, 9.17) is 20.9 Å². The number of unbranched alkanes of at least 4 members (excludes halogenated alkanes) is 2. The number of cyclic esters (lactones) is 2. The van der Waals surface area contributed by atoms with Crippen molar-refractivity contribution in [1.82, 2.24) is 78.9 Å². The summed E-state index contributed by atoms with van der Waals surface area (Å²) < 4.78 is 11.7. The molecule has 0 aliphatic carbocycles. The predicted molar refractivity (Wildman–Crippen MR) is 553 cm³/mol. The molecule has 16 amide bonds. The molecule has 0 unspecified atom stereocenters. The van der Waals surface area contributed by atoms with Crippen molar-refractivity contribution in [3.05, 3.63) is 226 Å². The van der Waals surface area contributed by atoms with E-state index in [9.17, 15) is 78.6 Å². The first kappa shape index (κ1) is 121. The third-order valence-electron chi connectivity index (χ3n) is 23.9. The first-order valence-electron chi connectivity index (χ1n) is 49.3. The molecule has 0 bridgehead atoms. The summed E-state index contributed by atoms with van der Waals surface area (Å²) in [5.41, 5.74) is 12.9. The maximum atomic E-state index is 15.7. The number of aliphatic hydroxyl groups excluding tert-OH is 4. The Hall–Kier alpha value is -16.0. The molecule has 2 aliphatic rings. The fraction of sp³-hybridized carbons (Fsp3) is 0.421. The van der Waals surface area contributed by atoms with Gasteiger partial charge in [0.15, 0.2) is 12.1 Å². The number of carbonyl (C=O) groups is 18. The van der Waals surface area contributed by atoms with Gasteiger partial charge in [-0.1, -0.05) is 194 Å². The minimum absolute atomic E-state index is 0.106. The van der Waals surface area contributed by atoms with Gasteiger partial charge in [-0.2, -0.15) is 0 Å². The molecular formula is C107H139N17O26. The van der Waals surface area contributed by atoms with Gasteiger partial charge in [-0.25, -0.2) is 9.59 Å². The molecule has 1 saturated heterocycles. The van der Waals surface area contributed by atoms with E-state index in [1.54, 1.807) is 131 Å². The standard InChI is InChI=1S/C107H139N17O26/c1-13-15-19-31-70-32-25-26-33-71(70)39-45-88(133)119-92-64(9)149-106(147)82(58-125)117-96(137)80(55-86(108)131)115-102(143)90(62(7)127)121-99(140)79(52-67-29-23-18-24-30-67)112-95(136)77(50-61(5)6)114-101(142)85(54-69-37-43-75(130)44-38-69)124(12)105(146)93(120-89(134)46-40-72-47-48-110-57-73(72)34-20-16-14-2)65(10)150-107(148)83(59-126)118-97(138)81(56-87(109)132)116-103(144)91(63(8)128)122-98(139)78(51-66-27-21-17-22-28-66)111-94(135)76(49-60(3)4)113-100(141)84(123(11)104(92)145)53-68-35-41-74(129)42-36-68/h17-45,47-48,53-54,60-65,73,76-83,90-93,110,125-130H,13-16,46,49-52,55-59H2,1-12H3,(H2,108,131)(H2,109,132)(H,111,135)(H,112,136)(H,113,141)(H,114,142)(H,115,143)(H,116,144)(H,117,137)(H,118,138)(H,119,133)(H,120,134)(H,121,140)(H,122,139)/b31-19-,34-20-,45-39+,72-40-,84-53+,85-54+/t62-,63-,64+,65+,73+,76-,77-,78+,79+,80-,81-,82-,83-,90-,91-,92+,93+/m0/s1. The molecule has 0 spiro atoms. The van der Waals surface area contributed by atoms with Crippen LogP contribution in [0.2, 0.25) is 0 Å². The number of primary amides is 2. The van der Waals surface area contributed by atoms with Crippen LogP contribution in [0.15, 0.2) is 193 Å². The van der Waals surface area contributed by atoms with E-state index < -0.39 is 272 Å². The molecule has 7 rings (SSSR count). The highest BCUT2D eigenvalue weighted by Crippen LogP contribution is 2.26. The zero-order chi connectivity index (χ0) is 111. The summed E-state index contributed by atoms with van der Waals surface area (Å²) in [6, 6.07) is 8.84. The SMILES string of the molecule is CCC/C=C\c1ccccc1/C=C/C(=O)N[C@H]1C(=O)N(C)/C(=C/c2ccc(O)cc2)C(=O)N[C@@H](CC(C)C)C(=O)N[C@H](Cc2ccccc2)C(=O)N[C@@H]([C@H](C)O)C(=O)N[C@@H](CC(N)=O)C(=O)N[C@@H](CO)C(=O)O[C@H](C)[C@@H](NC(=O)C/C=C2/C=CNC[C@H]2/C=C\CCC)C(=O)N(C)/C(=C/c2ccc(O)cc2)C(=O)N[C@@H](CC(C)C)C(=O)N[C@H](Cc2ccccc2)C(=O)N[C@@H]([C@H](C)O)C(=O)N[C@@H](CC(N)=O)C(=O)N[C@@H](CO)C(=O)O[C@@H]1C. The van der Waals surface area contributed by atoms with E-state index in [0.29, 0.717) is 45.7 Å². The van der Waals surface area contributed by atoms with E-state index in [1.165, 1.54) is 54.6 Å². The molecule has 808 valence electrons. The maximum absolute atomic E-state index is 15.7. The molecule has 5 aromatic rings. The molecule has 150 heavy (non-hydrogen) atoms. The van der Waals surface area contributed by atoms with Crippen molar-refractivity contribution in [3.8, 4) is 11.5 Å². The van der Waals surface area contributed by atoms with Crippen molar-refractivity contribution < 1.29 is 126 Å². The Kier molecular flexibility index (Phi) is 48.6. The number of phenols is 2. The van der Waals surface area contributed by atoms with Crippen molar-refractivity contribution in [2.24, 2.45) is 29.2 Å². The number of phenolic OH excluding ortho intramolecular Hbond substituents is 2. The molecule has 23 N–H and O–H groups in total. The van der Waals surface area contributed by atoms with E-state index >= 15 is 38.4 Å². The van der Waals surface area contributed by atoms with Gasteiger partial charge in [0.25, 0.3) is 23.6 Å². The smallest absolute Gasteiger partial charge is 0.331 e. The van der Waals surface area contributed by atoms with Gasteiger partial charge in [-0.05, 0) is 159 Å². The third kappa shape index (κ3) is 38.7. The fourth-order valence-corrected chi connectivity index (χ4v) is 15.7. The number of benzene rings is 5. The highest BCUT2D eigenvalue weighted by molar-refractivity contribution is 6.08. The number of aliphatic hydroxyl groups is 4. The second-order valence-electron chi connectivity index (χ2n) is 37.2. The number of rotatable bonds is 30. The van der Waals surface area contributed by atoms with Crippen LogP contribution < -0.4 is 80.6 Å². The van der Waals surface area contributed by atoms with Gasteiger partial charge in [-0.15, -0.1) is 0 Å². The lowest BCUT2D eigenvalue weighted by Crippen LogP contribution is -2.62. The van der Waals surface area contributed by atoms with Crippen LogP contribution in [0.5, 0.6) is 11.5 Å². The van der Waals surface area contributed by atoms with Crippen LogP contribution in [-0.2, 0) is 109 Å². The minimum Gasteiger partial charge on any atom is -0.508 e. The van der Waals surface area contributed by atoms with Crippen molar-refractivity contribution >= 4 is 131 Å². The number of ether oxygens (including phenoxy) is 2. The van der Waals surface area contributed by atoms with Crippen LogP contribution >= 0.6 is 0 Å². The molecular weight excluding hydrogens is 1940 g/mol. The Labute approximate surface area is 869 Å². The Morgan fingerprint density at radius 1 is 0.460 bits per heavy atom. The number of likely N-dealkylation sites (N-methyl/N-ethyl adjacent to an activating group) is 2.